The fraction of sp³-hybridized carbons (Fsp3) is 0.462. The Hall–Kier alpha value is -0.860. The molecule has 0 aliphatic carbocycles. The molecule has 0 N–H and O–H groups in total. The number of benzene rings is 1. The van der Waals surface area contributed by atoms with Crippen molar-refractivity contribution in [1.29, 1.82) is 0 Å². The van der Waals surface area contributed by atoms with Crippen LogP contribution in [-0.2, 0) is 16.0 Å². The minimum Gasteiger partial charge on any atom is -0.371 e. The highest BCUT2D eigenvalue weighted by Crippen LogP contribution is 2.21. The number of ketones is 1. The van der Waals surface area contributed by atoms with Gasteiger partial charge in [0.15, 0.2) is 5.78 Å². The molecular weight excluding hydrogens is 224 g/mol. The van der Waals surface area contributed by atoms with Crippen LogP contribution < -0.4 is 0 Å². The lowest BCUT2D eigenvalue weighted by Crippen LogP contribution is -2.37. The van der Waals surface area contributed by atoms with Crippen LogP contribution in [0.25, 0.3) is 0 Å². The first kappa shape index (κ1) is 13.2. The predicted molar refractivity (Wildman–Crippen MR) is 65.9 cm³/mol. The summed E-state index contributed by atoms with van der Waals surface area (Å²) in [6.45, 7) is 3.75. The maximum Gasteiger partial charge on any atom is 0.168 e. The maximum atomic E-state index is 12.1. The van der Waals surface area contributed by atoms with Crippen molar-refractivity contribution in [3.63, 3.8) is 0 Å². The first-order chi connectivity index (χ1) is 7.53. The van der Waals surface area contributed by atoms with Gasteiger partial charge in [-0.3, -0.25) is 4.79 Å². The Morgan fingerprint density at radius 2 is 2.06 bits per heavy atom. The van der Waals surface area contributed by atoms with E-state index in [-0.39, 0.29) is 5.78 Å². The zero-order valence-corrected chi connectivity index (χ0v) is 10.7. The fourth-order valence-electron chi connectivity index (χ4n) is 1.46. The van der Waals surface area contributed by atoms with Crippen molar-refractivity contribution in [2.24, 2.45) is 0 Å². The predicted octanol–water partition coefficient (Wildman–Crippen LogP) is 3.27. The van der Waals surface area contributed by atoms with E-state index >= 15 is 0 Å². The Labute approximate surface area is 102 Å². The lowest BCUT2D eigenvalue weighted by molar-refractivity contribution is -0.138. The van der Waals surface area contributed by atoms with Gasteiger partial charge in [0.2, 0.25) is 0 Å². The third-order valence-corrected chi connectivity index (χ3v) is 3.39. The van der Waals surface area contributed by atoms with Gasteiger partial charge in [-0.1, -0.05) is 36.7 Å². The molecule has 0 aliphatic heterocycles. The van der Waals surface area contributed by atoms with E-state index in [1.807, 2.05) is 32.0 Å². The van der Waals surface area contributed by atoms with E-state index in [0.29, 0.717) is 17.9 Å². The Balaban J connectivity index is 2.83. The summed E-state index contributed by atoms with van der Waals surface area (Å²) >= 11 is 6.01. The average Bonchev–Trinajstić information content (AvgIpc) is 2.31. The molecular formula is C13H17ClO2. The zero-order valence-electron chi connectivity index (χ0n) is 9.92. The maximum absolute atomic E-state index is 12.1. The molecule has 16 heavy (non-hydrogen) atoms. The Morgan fingerprint density at radius 3 is 2.56 bits per heavy atom. The SMILES string of the molecule is CCC(C)(OC)C(=O)Cc1ccccc1Cl. The lowest BCUT2D eigenvalue weighted by Gasteiger charge is -2.25. The first-order valence-corrected chi connectivity index (χ1v) is 5.73. The van der Waals surface area contributed by atoms with Gasteiger partial charge in [0.05, 0.1) is 0 Å². The van der Waals surface area contributed by atoms with Crippen molar-refractivity contribution in [1.82, 2.24) is 0 Å². The number of carbonyl (C=O) groups is 1. The molecule has 1 unspecified atom stereocenters. The highest BCUT2D eigenvalue weighted by Gasteiger charge is 2.30. The van der Waals surface area contributed by atoms with E-state index < -0.39 is 5.60 Å². The van der Waals surface area contributed by atoms with Crippen molar-refractivity contribution in [3.05, 3.63) is 34.9 Å². The van der Waals surface area contributed by atoms with Crippen LogP contribution in [-0.4, -0.2) is 18.5 Å². The van der Waals surface area contributed by atoms with Crippen LogP contribution in [0.3, 0.4) is 0 Å². The second kappa shape index (κ2) is 5.46. The Morgan fingerprint density at radius 1 is 1.44 bits per heavy atom. The fourth-order valence-corrected chi connectivity index (χ4v) is 1.66. The molecule has 1 atom stereocenters. The summed E-state index contributed by atoms with van der Waals surface area (Å²) in [6.07, 6.45) is 0.977. The van der Waals surface area contributed by atoms with Gasteiger partial charge in [-0.05, 0) is 25.0 Å². The molecule has 88 valence electrons. The molecule has 0 saturated heterocycles. The molecule has 0 radical (unpaired) electrons. The first-order valence-electron chi connectivity index (χ1n) is 5.35. The molecule has 2 nitrogen and oxygen atoms in total. The van der Waals surface area contributed by atoms with Crippen LogP contribution in [0, 0.1) is 0 Å². The second-order valence-corrected chi connectivity index (χ2v) is 4.39. The number of Topliss-reactive ketones (excluding diaryl/α,β-unsaturated/α-hetero) is 1. The normalized spacial score (nSPS) is 14.5. The quantitative estimate of drug-likeness (QED) is 0.790. The molecule has 0 heterocycles. The van der Waals surface area contributed by atoms with E-state index in [1.165, 1.54) is 0 Å². The van der Waals surface area contributed by atoms with Crippen LogP contribution in [0.2, 0.25) is 5.02 Å². The standard InChI is InChI=1S/C13H17ClO2/c1-4-13(2,16-3)12(15)9-10-7-5-6-8-11(10)14/h5-8H,4,9H2,1-3H3. The van der Waals surface area contributed by atoms with Gasteiger partial charge in [-0.25, -0.2) is 0 Å². The third-order valence-electron chi connectivity index (χ3n) is 3.02. The van der Waals surface area contributed by atoms with E-state index in [0.717, 1.165) is 5.56 Å². The minimum absolute atomic E-state index is 0.0607. The number of hydrogen-bond donors (Lipinski definition) is 0. The monoisotopic (exact) mass is 240 g/mol. The zero-order chi connectivity index (χ0) is 12.2. The van der Waals surface area contributed by atoms with Gasteiger partial charge in [0, 0.05) is 18.6 Å². The van der Waals surface area contributed by atoms with E-state index in [1.54, 1.807) is 13.2 Å². The smallest absolute Gasteiger partial charge is 0.168 e. The largest absolute Gasteiger partial charge is 0.371 e. The summed E-state index contributed by atoms with van der Waals surface area (Å²) in [5.41, 5.74) is 0.144. The molecule has 1 aromatic carbocycles. The van der Waals surface area contributed by atoms with Crippen molar-refractivity contribution in [2.45, 2.75) is 32.3 Å². The summed E-state index contributed by atoms with van der Waals surface area (Å²) in [7, 11) is 1.56. The third kappa shape index (κ3) is 2.83. The molecule has 0 bridgehead atoms. The van der Waals surface area contributed by atoms with Gasteiger partial charge in [-0.2, -0.15) is 0 Å². The Kier molecular flexibility index (Phi) is 4.51. The summed E-state index contributed by atoms with van der Waals surface area (Å²) in [6, 6.07) is 7.39. The summed E-state index contributed by atoms with van der Waals surface area (Å²) in [5, 5.41) is 0.630. The van der Waals surface area contributed by atoms with Crippen LogP contribution in [0.5, 0.6) is 0 Å². The van der Waals surface area contributed by atoms with Crippen LogP contribution >= 0.6 is 11.6 Å². The molecule has 0 aliphatic rings. The van der Waals surface area contributed by atoms with Crippen molar-refractivity contribution in [3.8, 4) is 0 Å². The molecule has 0 fully saturated rings. The lowest BCUT2D eigenvalue weighted by atomic mass is 9.92. The molecule has 0 aromatic heterocycles. The topological polar surface area (TPSA) is 26.3 Å². The van der Waals surface area contributed by atoms with Gasteiger partial charge in [0.25, 0.3) is 0 Å². The molecule has 0 saturated carbocycles. The molecule has 1 rings (SSSR count). The molecule has 0 spiro atoms. The molecule has 3 heteroatoms. The number of halogens is 1. The van der Waals surface area contributed by atoms with Crippen LogP contribution in [0.1, 0.15) is 25.8 Å². The summed E-state index contributed by atoms with van der Waals surface area (Å²) in [4.78, 5) is 12.1. The van der Waals surface area contributed by atoms with Crippen molar-refractivity contribution < 1.29 is 9.53 Å². The van der Waals surface area contributed by atoms with Gasteiger partial charge >= 0.3 is 0 Å². The molecule has 1 aromatic rings. The van der Waals surface area contributed by atoms with E-state index in [4.69, 9.17) is 16.3 Å². The van der Waals surface area contributed by atoms with Gasteiger partial charge in [0.1, 0.15) is 5.60 Å². The van der Waals surface area contributed by atoms with Crippen LogP contribution in [0.15, 0.2) is 24.3 Å². The Bertz CT molecular complexity index is 370. The van der Waals surface area contributed by atoms with E-state index in [9.17, 15) is 4.79 Å². The highest BCUT2D eigenvalue weighted by molar-refractivity contribution is 6.31. The van der Waals surface area contributed by atoms with Crippen molar-refractivity contribution in [2.75, 3.05) is 7.11 Å². The number of hydrogen-bond acceptors (Lipinski definition) is 2. The minimum atomic E-state index is -0.709. The van der Waals surface area contributed by atoms with Crippen molar-refractivity contribution >= 4 is 17.4 Å². The number of carbonyl (C=O) groups excluding carboxylic acids is 1. The summed E-state index contributed by atoms with van der Waals surface area (Å²) in [5.74, 6) is 0.0607. The molecule has 0 amide bonds. The van der Waals surface area contributed by atoms with Crippen LogP contribution in [0.4, 0.5) is 0 Å². The van der Waals surface area contributed by atoms with Gasteiger partial charge < -0.3 is 4.74 Å². The number of ether oxygens (including phenoxy) is 1. The number of rotatable bonds is 5. The second-order valence-electron chi connectivity index (χ2n) is 3.98. The van der Waals surface area contributed by atoms with Gasteiger partial charge in [-0.15, -0.1) is 0 Å². The van der Waals surface area contributed by atoms with E-state index in [2.05, 4.69) is 0 Å². The average molecular weight is 241 g/mol. The summed E-state index contributed by atoms with van der Waals surface area (Å²) < 4.78 is 5.27. The number of methoxy groups -OCH3 is 1. The highest BCUT2D eigenvalue weighted by atomic mass is 35.5.